The molecule has 0 unspecified atom stereocenters. The minimum absolute atomic E-state index is 0.0513. The Bertz CT molecular complexity index is 1260. The summed E-state index contributed by atoms with van der Waals surface area (Å²) in [6.07, 6.45) is 8.29. The highest BCUT2D eigenvalue weighted by atomic mass is 16.5. The number of aromatic nitrogens is 1. The third-order valence-corrected chi connectivity index (χ3v) is 7.89. The Kier molecular flexibility index (Phi) is 7.70. The summed E-state index contributed by atoms with van der Waals surface area (Å²) in [5, 5.41) is 0. The number of amides is 1. The summed E-state index contributed by atoms with van der Waals surface area (Å²) < 4.78 is 6.05. The van der Waals surface area contributed by atoms with Gasteiger partial charge in [-0.15, -0.1) is 0 Å². The lowest BCUT2D eigenvalue weighted by atomic mass is 9.86. The Hall–Kier alpha value is -3.38. The van der Waals surface area contributed by atoms with Crippen molar-refractivity contribution in [3.05, 3.63) is 77.6 Å². The van der Waals surface area contributed by atoms with Crippen LogP contribution >= 0.6 is 0 Å². The first-order chi connectivity index (χ1) is 18.3. The Labute approximate surface area is 226 Å². The van der Waals surface area contributed by atoms with Gasteiger partial charge in [-0.1, -0.05) is 45.0 Å². The van der Waals surface area contributed by atoms with Gasteiger partial charge in [-0.25, -0.2) is 0 Å². The van der Waals surface area contributed by atoms with Crippen molar-refractivity contribution in [1.82, 2.24) is 14.8 Å². The molecule has 0 spiro atoms. The van der Waals surface area contributed by atoms with Crippen LogP contribution in [0.15, 0.2) is 60.9 Å². The number of pyridine rings is 1. The van der Waals surface area contributed by atoms with Crippen LogP contribution in [0.25, 0.3) is 11.1 Å². The number of hydrogen-bond acceptors (Lipinski definition) is 5. The lowest BCUT2D eigenvalue weighted by molar-refractivity contribution is 0.0709. The molecule has 38 heavy (non-hydrogen) atoms. The van der Waals surface area contributed by atoms with Gasteiger partial charge in [-0.2, -0.15) is 0 Å². The van der Waals surface area contributed by atoms with Crippen LogP contribution < -0.4 is 10.5 Å². The molecule has 2 aliphatic rings. The number of rotatable bonds is 7. The molecule has 6 nitrogen and oxygen atoms in total. The lowest BCUT2D eigenvalue weighted by Gasteiger charge is -2.28. The van der Waals surface area contributed by atoms with Crippen LogP contribution in [0.3, 0.4) is 0 Å². The van der Waals surface area contributed by atoms with Gasteiger partial charge in [0.15, 0.2) is 0 Å². The summed E-state index contributed by atoms with van der Waals surface area (Å²) >= 11 is 0. The van der Waals surface area contributed by atoms with Crippen molar-refractivity contribution in [3.63, 3.8) is 0 Å². The first kappa shape index (κ1) is 26.2. The molecule has 1 atom stereocenters. The molecule has 0 bridgehead atoms. The molecule has 2 N–H and O–H groups in total. The number of anilines is 1. The highest BCUT2D eigenvalue weighted by molar-refractivity contribution is 5.95. The molecule has 3 aromatic rings. The van der Waals surface area contributed by atoms with Gasteiger partial charge in [0.1, 0.15) is 12.4 Å². The summed E-state index contributed by atoms with van der Waals surface area (Å²) in [5.41, 5.74) is 12.0. The molecular weight excluding hydrogens is 472 g/mol. The van der Waals surface area contributed by atoms with Gasteiger partial charge in [-0.05, 0) is 79.6 Å². The number of nitrogen functional groups attached to an aromatic ring is 1. The zero-order valence-corrected chi connectivity index (χ0v) is 23.0. The molecule has 2 saturated heterocycles. The fourth-order valence-corrected chi connectivity index (χ4v) is 5.54. The van der Waals surface area contributed by atoms with E-state index in [0.717, 1.165) is 53.9 Å². The van der Waals surface area contributed by atoms with Crippen LogP contribution in [0.4, 0.5) is 5.69 Å². The van der Waals surface area contributed by atoms with E-state index in [1.54, 1.807) is 6.20 Å². The third-order valence-electron chi connectivity index (χ3n) is 7.89. The number of nitrogens with zero attached hydrogens (tertiary/aromatic N) is 3. The van der Waals surface area contributed by atoms with Gasteiger partial charge in [0.25, 0.3) is 5.91 Å². The summed E-state index contributed by atoms with van der Waals surface area (Å²) in [4.78, 5) is 22.3. The molecule has 2 fully saturated rings. The van der Waals surface area contributed by atoms with Crippen LogP contribution in [0.1, 0.15) is 67.9 Å². The molecule has 0 aliphatic carbocycles. The molecule has 2 aliphatic heterocycles. The number of likely N-dealkylation sites (tertiary alicyclic amines) is 2. The predicted octanol–water partition coefficient (Wildman–Crippen LogP) is 5.91. The number of carbonyl (C=O) groups is 1. The van der Waals surface area contributed by atoms with Crippen LogP contribution in [0, 0.1) is 0 Å². The van der Waals surface area contributed by atoms with Crippen molar-refractivity contribution in [1.29, 1.82) is 0 Å². The third kappa shape index (κ3) is 6.02. The largest absolute Gasteiger partial charge is 0.487 e. The normalized spacial score (nSPS) is 18.2. The summed E-state index contributed by atoms with van der Waals surface area (Å²) in [6, 6.07) is 16.4. The number of nitrogens with two attached hydrogens (primary N) is 1. The molecule has 0 radical (unpaired) electrons. The van der Waals surface area contributed by atoms with Crippen molar-refractivity contribution in [2.24, 2.45) is 0 Å². The van der Waals surface area contributed by atoms with Gasteiger partial charge < -0.3 is 20.3 Å². The van der Waals surface area contributed by atoms with E-state index in [9.17, 15) is 4.79 Å². The highest BCUT2D eigenvalue weighted by Gasteiger charge is 2.31. The fourth-order valence-electron chi connectivity index (χ4n) is 5.54. The second-order valence-electron chi connectivity index (χ2n) is 11.7. The van der Waals surface area contributed by atoms with E-state index in [0.29, 0.717) is 18.4 Å². The zero-order valence-electron chi connectivity index (χ0n) is 23.0. The van der Waals surface area contributed by atoms with Gasteiger partial charge in [0, 0.05) is 47.7 Å². The average Bonchev–Trinajstić information content (AvgIpc) is 3.60. The van der Waals surface area contributed by atoms with Crippen molar-refractivity contribution < 1.29 is 9.53 Å². The first-order valence-corrected chi connectivity index (χ1v) is 13.9. The zero-order chi connectivity index (χ0) is 26.7. The van der Waals surface area contributed by atoms with Crippen molar-refractivity contribution in [3.8, 4) is 16.9 Å². The van der Waals surface area contributed by atoms with E-state index in [1.807, 2.05) is 48.7 Å². The van der Waals surface area contributed by atoms with Gasteiger partial charge in [-0.3, -0.25) is 9.78 Å². The van der Waals surface area contributed by atoms with E-state index in [1.165, 1.54) is 31.5 Å². The maximum atomic E-state index is 13.3. The monoisotopic (exact) mass is 512 g/mol. The maximum absolute atomic E-state index is 13.3. The molecule has 2 aromatic carbocycles. The average molecular weight is 513 g/mol. The molecular formula is C32H40N4O2. The van der Waals surface area contributed by atoms with E-state index < -0.39 is 0 Å². The van der Waals surface area contributed by atoms with Gasteiger partial charge >= 0.3 is 0 Å². The van der Waals surface area contributed by atoms with Crippen molar-refractivity contribution in [2.75, 3.05) is 31.9 Å². The lowest BCUT2D eigenvalue weighted by Crippen LogP contribution is -2.42. The van der Waals surface area contributed by atoms with Crippen LogP contribution in [0.5, 0.6) is 5.75 Å². The van der Waals surface area contributed by atoms with Crippen LogP contribution in [-0.4, -0.2) is 52.9 Å². The Balaban J connectivity index is 1.23. The SMILES string of the molecule is CC(C)(C)c1ccc(COc2cncc(-c3ccc(C(=O)N4CCC[C@@H]4CN4CCCC4)cc3)c2)c(N)c1. The summed E-state index contributed by atoms with van der Waals surface area (Å²) in [6.45, 7) is 11.1. The fraction of sp³-hybridized carbons (Fsp3) is 0.438. The quantitative estimate of drug-likeness (QED) is 0.399. The second-order valence-corrected chi connectivity index (χ2v) is 11.7. The molecule has 1 aromatic heterocycles. The minimum Gasteiger partial charge on any atom is -0.487 e. The summed E-state index contributed by atoms with van der Waals surface area (Å²) in [5.74, 6) is 0.826. The van der Waals surface area contributed by atoms with E-state index in [4.69, 9.17) is 10.5 Å². The molecule has 200 valence electrons. The highest BCUT2D eigenvalue weighted by Crippen LogP contribution is 2.28. The molecule has 0 saturated carbocycles. The number of benzene rings is 2. The van der Waals surface area contributed by atoms with Crippen molar-refractivity contribution in [2.45, 2.75) is 64.5 Å². The van der Waals surface area contributed by atoms with E-state index in [-0.39, 0.29) is 11.3 Å². The minimum atomic E-state index is 0.0513. The number of ether oxygens (including phenoxy) is 1. The molecule has 3 heterocycles. The van der Waals surface area contributed by atoms with Gasteiger partial charge in [0.2, 0.25) is 0 Å². The second kappa shape index (κ2) is 11.2. The topological polar surface area (TPSA) is 71.7 Å². The molecule has 5 rings (SSSR count). The van der Waals surface area contributed by atoms with Crippen LogP contribution in [-0.2, 0) is 12.0 Å². The first-order valence-electron chi connectivity index (χ1n) is 13.9. The van der Waals surface area contributed by atoms with Crippen molar-refractivity contribution >= 4 is 11.6 Å². The number of carbonyl (C=O) groups excluding carboxylic acids is 1. The smallest absolute Gasteiger partial charge is 0.254 e. The van der Waals surface area contributed by atoms with E-state index in [2.05, 4.69) is 41.6 Å². The maximum Gasteiger partial charge on any atom is 0.254 e. The molecule has 1 amide bonds. The van der Waals surface area contributed by atoms with Crippen LogP contribution in [0.2, 0.25) is 0 Å². The molecule has 6 heteroatoms. The standard InChI is InChI=1S/C32H40N4O2/c1-32(2,3)27-13-12-25(30(33)18-27)22-38-29-17-26(19-34-20-29)23-8-10-24(11-9-23)31(37)36-16-6-7-28(36)21-35-14-4-5-15-35/h8-13,17-20,28H,4-7,14-16,21-22,33H2,1-3H3/t28-/m1/s1. The summed E-state index contributed by atoms with van der Waals surface area (Å²) in [7, 11) is 0. The Morgan fingerprint density at radius 1 is 0.974 bits per heavy atom. The van der Waals surface area contributed by atoms with Gasteiger partial charge in [0.05, 0.1) is 6.20 Å². The number of hydrogen-bond donors (Lipinski definition) is 1. The predicted molar refractivity (Wildman–Crippen MR) is 153 cm³/mol. The van der Waals surface area contributed by atoms with E-state index >= 15 is 0 Å². The Morgan fingerprint density at radius 3 is 2.45 bits per heavy atom. The Morgan fingerprint density at radius 2 is 1.74 bits per heavy atom.